The molecule has 3 rings (SSSR count). The zero-order valence-electron chi connectivity index (χ0n) is 14.9. The third kappa shape index (κ3) is 4.61. The number of amides is 2. The van der Waals surface area contributed by atoms with E-state index in [9.17, 15) is 14.0 Å². The summed E-state index contributed by atoms with van der Waals surface area (Å²) in [5.41, 5.74) is 0.887. The van der Waals surface area contributed by atoms with E-state index in [2.05, 4.69) is 22.1 Å². The van der Waals surface area contributed by atoms with Crippen LogP contribution < -0.4 is 5.32 Å². The molecule has 142 valence electrons. The summed E-state index contributed by atoms with van der Waals surface area (Å²) in [5.74, 6) is -1.18. The minimum absolute atomic E-state index is 0.0791. The van der Waals surface area contributed by atoms with Crippen molar-refractivity contribution in [3.63, 3.8) is 0 Å². The number of halogens is 2. The molecule has 1 fully saturated rings. The molecule has 8 heteroatoms. The van der Waals surface area contributed by atoms with Crippen LogP contribution in [0.2, 0.25) is 5.02 Å². The van der Waals surface area contributed by atoms with Crippen molar-refractivity contribution in [1.82, 2.24) is 14.8 Å². The van der Waals surface area contributed by atoms with Crippen molar-refractivity contribution in [1.29, 1.82) is 0 Å². The number of aromatic nitrogens is 1. The summed E-state index contributed by atoms with van der Waals surface area (Å²) in [6.45, 7) is 5.98. The molecular formula is C19H20ClFN4O2. The lowest BCUT2D eigenvalue weighted by molar-refractivity contribution is 0.0637. The average molecular weight is 391 g/mol. The van der Waals surface area contributed by atoms with Crippen LogP contribution >= 0.6 is 11.6 Å². The molecule has 6 nitrogen and oxygen atoms in total. The molecule has 2 heterocycles. The Hall–Kier alpha value is -2.51. The van der Waals surface area contributed by atoms with E-state index in [1.54, 1.807) is 4.90 Å². The van der Waals surface area contributed by atoms with E-state index in [-0.39, 0.29) is 16.6 Å². The van der Waals surface area contributed by atoms with Gasteiger partial charge in [0.2, 0.25) is 0 Å². The highest BCUT2D eigenvalue weighted by Gasteiger charge is 2.23. The second-order valence-electron chi connectivity index (χ2n) is 6.24. The van der Waals surface area contributed by atoms with Gasteiger partial charge in [-0.1, -0.05) is 18.5 Å². The van der Waals surface area contributed by atoms with E-state index in [1.165, 1.54) is 36.5 Å². The second kappa shape index (κ2) is 8.45. The lowest BCUT2D eigenvalue weighted by atomic mass is 10.2. The Morgan fingerprint density at radius 3 is 2.59 bits per heavy atom. The van der Waals surface area contributed by atoms with Crippen molar-refractivity contribution in [3.05, 3.63) is 58.6 Å². The highest BCUT2D eigenvalue weighted by Crippen LogP contribution is 2.20. The van der Waals surface area contributed by atoms with Gasteiger partial charge in [0.15, 0.2) is 0 Å². The summed E-state index contributed by atoms with van der Waals surface area (Å²) in [7, 11) is 0. The molecule has 0 spiro atoms. The van der Waals surface area contributed by atoms with Gasteiger partial charge in [0.1, 0.15) is 11.5 Å². The predicted octanol–water partition coefficient (Wildman–Crippen LogP) is 2.90. The number of hydrogen-bond donors (Lipinski definition) is 1. The van der Waals surface area contributed by atoms with Crippen molar-refractivity contribution in [3.8, 4) is 0 Å². The molecule has 1 N–H and O–H groups in total. The van der Waals surface area contributed by atoms with Crippen LogP contribution in [-0.4, -0.2) is 59.3 Å². The first kappa shape index (κ1) is 19.3. The van der Waals surface area contributed by atoms with Crippen LogP contribution in [0.1, 0.15) is 27.8 Å². The number of nitrogens with one attached hydrogen (secondary N) is 1. The topological polar surface area (TPSA) is 65.5 Å². The Labute approximate surface area is 161 Å². The van der Waals surface area contributed by atoms with Crippen molar-refractivity contribution < 1.29 is 14.0 Å². The van der Waals surface area contributed by atoms with E-state index in [0.717, 1.165) is 19.6 Å². The number of anilines is 1. The Morgan fingerprint density at radius 2 is 1.93 bits per heavy atom. The largest absolute Gasteiger partial charge is 0.335 e. The fourth-order valence-corrected chi connectivity index (χ4v) is 3.08. The number of piperazine rings is 1. The number of carbonyl (C=O) groups is 2. The average Bonchev–Trinajstić information content (AvgIpc) is 2.70. The number of carbonyl (C=O) groups excluding carboxylic acids is 2. The van der Waals surface area contributed by atoms with Gasteiger partial charge in [0.25, 0.3) is 11.8 Å². The molecule has 0 atom stereocenters. The number of benzene rings is 1. The number of rotatable bonds is 4. The van der Waals surface area contributed by atoms with E-state index in [1.807, 2.05) is 0 Å². The maximum Gasteiger partial charge on any atom is 0.272 e. The van der Waals surface area contributed by atoms with Crippen LogP contribution in [0.3, 0.4) is 0 Å². The van der Waals surface area contributed by atoms with Gasteiger partial charge in [-0.15, -0.1) is 0 Å². The molecule has 2 amide bonds. The number of pyridine rings is 1. The highest BCUT2D eigenvalue weighted by molar-refractivity contribution is 6.31. The smallest absolute Gasteiger partial charge is 0.272 e. The third-order valence-electron chi connectivity index (χ3n) is 4.53. The normalized spacial score (nSPS) is 14.9. The monoisotopic (exact) mass is 390 g/mol. The standard InChI is InChI=1S/C19H20ClFN4O2/c1-2-24-7-9-25(10-8-24)19(27)17-11-13(5-6-22-17)18(26)23-14-3-4-16(21)15(20)12-14/h3-6,11-12H,2,7-10H2,1H3,(H,23,26). The fraction of sp³-hybridized carbons (Fsp3) is 0.316. The maximum absolute atomic E-state index is 13.2. The molecule has 0 saturated carbocycles. The molecule has 2 aromatic rings. The second-order valence-corrected chi connectivity index (χ2v) is 6.65. The van der Waals surface area contributed by atoms with Crippen molar-refractivity contribution in [2.45, 2.75) is 6.92 Å². The van der Waals surface area contributed by atoms with Crippen LogP contribution in [0.25, 0.3) is 0 Å². The summed E-state index contributed by atoms with van der Waals surface area (Å²) in [6.07, 6.45) is 1.43. The first-order valence-electron chi connectivity index (χ1n) is 8.72. The third-order valence-corrected chi connectivity index (χ3v) is 4.82. The molecular weight excluding hydrogens is 371 g/mol. The van der Waals surface area contributed by atoms with Crippen LogP contribution in [0.5, 0.6) is 0 Å². The van der Waals surface area contributed by atoms with Crippen molar-refractivity contribution in [2.24, 2.45) is 0 Å². The summed E-state index contributed by atoms with van der Waals surface area (Å²) >= 11 is 5.73. The number of likely N-dealkylation sites (N-methyl/N-ethyl adjacent to an activating group) is 1. The molecule has 0 bridgehead atoms. The van der Waals surface area contributed by atoms with Gasteiger partial charge < -0.3 is 15.1 Å². The van der Waals surface area contributed by atoms with Crippen LogP contribution in [0, 0.1) is 5.82 Å². The SMILES string of the molecule is CCN1CCN(C(=O)c2cc(C(=O)Nc3ccc(F)c(Cl)c3)ccn2)CC1. The van der Waals surface area contributed by atoms with Gasteiger partial charge in [-0.3, -0.25) is 14.6 Å². The minimum Gasteiger partial charge on any atom is -0.335 e. The molecule has 0 aliphatic carbocycles. The zero-order chi connectivity index (χ0) is 19.4. The van der Waals surface area contributed by atoms with Gasteiger partial charge in [-0.25, -0.2) is 4.39 Å². The molecule has 1 saturated heterocycles. The summed E-state index contributed by atoms with van der Waals surface area (Å²) in [5, 5.41) is 2.56. The van der Waals surface area contributed by atoms with Crippen molar-refractivity contribution in [2.75, 3.05) is 38.0 Å². The molecule has 1 aromatic carbocycles. The summed E-state index contributed by atoms with van der Waals surface area (Å²) < 4.78 is 13.2. The first-order valence-corrected chi connectivity index (χ1v) is 9.10. The number of nitrogens with zero attached hydrogens (tertiary/aromatic N) is 3. The Balaban J connectivity index is 1.70. The van der Waals surface area contributed by atoms with E-state index in [0.29, 0.717) is 24.3 Å². The van der Waals surface area contributed by atoms with E-state index in [4.69, 9.17) is 11.6 Å². The summed E-state index contributed by atoms with van der Waals surface area (Å²) in [4.78, 5) is 33.2. The quantitative estimate of drug-likeness (QED) is 0.871. The fourth-order valence-electron chi connectivity index (χ4n) is 2.90. The summed E-state index contributed by atoms with van der Waals surface area (Å²) in [6, 6.07) is 6.91. The molecule has 0 radical (unpaired) electrons. The van der Waals surface area contributed by atoms with Crippen LogP contribution in [0.15, 0.2) is 36.5 Å². The lowest BCUT2D eigenvalue weighted by Crippen LogP contribution is -2.48. The number of hydrogen-bond acceptors (Lipinski definition) is 4. The molecule has 1 aliphatic heterocycles. The van der Waals surface area contributed by atoms with Crippen LogP contribution in [-0.2, 0) is 0 Å². The molecule has 27 heavy (non-hydrogen) atoms. The Bertz CT molecular complexity index is 853. The first-order chi connectivity index (χ1) is 13.0. The molecule has 1 aromatic heterocycles. The highest BCUT2D eigenvalue weighted by atomic mass is 35.5. The molecule has 1 aliphatic rings. The van der Waals surface area contributed by atoms with E-state index >= 15 is 0 Å². The van der Waals surface area contributed by atoms with Gasteiger partial charge in [-0.05, 0) is 36.9 Å². The van der Waals surface area contributed by atoms with E-state index < -0.39 is 11.7 Å². The molecule has 0 unspecified atom stereocenters. The lowest BCUT2D eigenvalue weighted by Gasteiger charge is -2.33. The van der Waals surface area contributed by atoms with Gasteiger partial charge in [0, 0.05) is 43.6 Å². The predicted molar refractivity (Wildman–Crippen MR) is 102 cm³/mol. The Kier molecular flexibility index (Phi) is 6.03. The van der Waals surface area contributed by atoms with Gasteiger partial charge in [-0.2, -0.15) is 0 Å². The maximum atomic E-state index is 13.2. The van der Waals surface area contributed by atoms with Crippen LogP contribution in [0.4, 0.5) is 10.1 Å². The van der Waals surface area contributed by atoms with Gasteiger partial charge in [0.05, 0.1) is 5.02 Å². The zero-order valence-corrected chi connectivity index (χ0v) is 15.7. The van der Waals surface area contributed by atoms with Crippen molar-refractivity contribution >= 4 is 29.1 Å². The van der Waals surface area contributed by atoms with Gasteiger partial charge >= 0.3 is 0 Å². The Morgan fingerprint density at radius 1 is 1.19 bits per heavy atom. The minimum atomic E-state index is -0.561.